The molecule has 16 heavy (non-hydrogen) atoms. The average Bonchev–Trinajstić information content (AvgIpc) is 2.86. The molecular weight excluding hydrogens is 228 g/mol. The maximum Gasteiger partial charge on any atom is 0.256 e. The predicted octanol–water partition coefficient (Wildman–Crippen LogP) is 1.48. The summed E-state index contributed by atoms with van der Waals surface area (Å²) in [6.45, 7) is 1.93. The summed E-state index contributed by atoms with van der Waals surface area (Å²) in [5, 5.41) is 0.441. The summed E-state index contributed by atoms with van der Waals surface area (Å²) in [5.41, 5.74) is 1.46. The molecule has 2 aliphatic heterocycles. The van der Waals surface area contributed by atoms with E-state index in [1.54, 1.807) is 12.1 Å². The topological polar surface area (TPSA) is 42.4 Å². The van der Waals surface area contributed by atoms with Gasteiger partial charge in [0.05, 0.1) is 30.5 Å². The van der Waals surface area contributed by atoms with Crippen LogP contribution in [0.1, 0.15) is 22.5 Å². The fourth-order valence-electron chi connectivity index (χ4n) is 2.24. The van der Waals surface area contributed by atoms with E-state index in [0.717, 1.165) is 18.7 Å². The molecule has 0 N–H and O–H groups in total. The quantitative estimate of drug-likeness (QED) is 0.696. The Balaban J connectivity index is 1.90. The van der Waals surface area contributed by atoms with Gasteiger partial charge in [-0.25, -0.2) is 4.98 Å². The van der Waals surface area contributed by atoms with E-state index in [9.17, 15) is 4.79 Å². The zero-order chi connectivity index (χ0) is 11.1. The van der Waals surface area contributed by atoms with Crippen LogP contribution in [0, 0.1) is 0 Å². The van der Waals surface area contributed by atoms with Crippen LogP contribution in [0.4, 0.5) is 0 Å². The lowest BCUT2D eigenvalue weighted by atomic mass is 10.2. The van der Waals surface area contributed by atoms with Gasteiger partial charge in [-0.2, -0.15) is 0 Å². The standard InChI is InChI=1S/C11H11ClN2O2/c12-10-2-1-8-9(13-10)5-14(11(8)15)7-3-4-16-6-7/h1-2,7H,3-6H2. The second-order valence-corrected chi connectivity index (χ2v) is 4.47. The van der Waals surface area contributed by atoms with E-state index < -0.39 is 0 Å². The Morgan fingerprint density at radius 3 is 3.12 bits per heavy atom. The number of fused-ring (bicyclic) bond motifs is 1. The summed E-state index contributed by atoms with van der Waals surface area (Å²) in [6, 6.07) is 3.61. The second kappa shape index (κ2) is 3.71. The third-order valence-electron chi connectivity index (χ3n) is 3.10. The molecule has 1 amide bonds. The lowest BCUT2D eigenvalue weighted by Crippen LogP contribution is -2.35. The number of amides is 1. The molecule has 1 aromatic heterocycles. The summed E-state index contributed by atoms with van der Waals surface area (Å²) < 4.78 is 5.30. The molecule has 0 aromatic carbocycles. The first kappa shape index (κ1) is 10.1. The molecule has 1 unspecified atom stereocenters. The molecule has 0 bridgehead atoms. The zero-order valence-corrected chi connectivity index (χ0v) is 9.41. The van der Waals surface area contributed by atoms with Crippen LogP contribution in [-0.2, 0) is 11.3 Å². The number of hydrogen-bond donors (Lipinski definition) is 0. The summed E-state index contributed by atoms with van der Waals surface area (Å²) in [6.07, 6.45) is 0.910. The largest absolute Gasteiger partial charge is 0.379 e. The van der Waals surface area contributed by atoms with Crippen molar-refractivity contribution in [3.63, 3.8) is 0 Å². The van der Waals surface area contributed by atoms with Gasteiger partial charge >= 0.3 is 0 Å². The summed E-state index contributed by atoms with van der Waals surface area (Å²) >= 11 is 5.81. The number of aromatic nitrogens is 1. The summed E-state index contributed by atoms with van der Waals surface area (Å²) in [4.78, 5) is 18.1. The average molecular weight is 239 g/mol. The molecular formula is C11H11ClN2O2. The normalized spacial score (nSPS) is 23.9. The van der Waals surface area contributed by atoms with Gasteiger partial charge in [-0.15, -0.1) is 0 Å². The second-order valence-electron chi connectivity index (χ2n) is 4.08. The molecule has 3 heterocycles. The van der Waals surface area contributed by atoms with Gasteiger partial charge in [-0.3, -0.25) is 4.79 Å². The number of carbonyl (C=O) groups excluding carboxylic acids is 1. The molecule has 0 radical (unpaired) electrons. The third-order valence-corrected chi connectivity index (χ3v) is 3.31. The first-order valence-corrected chi connectivity index (χ1v) is 5.67. The number of pyridine rings is 1. The van der Waals surface area contributed by atoms with Crippen molar-refractivity contribution in [1.82, 2.24) is 9.88 Å². The first-order valence-electron chi connectivity index (χ1n) is 5.30. The van der Waals surface area contributed by atoms with Gasteiger partial charge in [0.2, 0.25) is 0 Å². The van der Waals surface area contributed by atoms with Gasteiger partial charge in [0.25, 0.3) is 5.91 Å². The maximum atomic E-state index is 12.1. The van der Waals surface area contributed by atoms with Crippen LogP contribution >= 0.6 is 11.6 Å². The summed E-state index contributed by atoms with van der Waals surface area (Å²) in [7, 11) is 0. The van der Waals surface area contributed by atoms with Crippen molar-refractivity contribution in [2.24, 2.45) is 0 Å². The van der Waals surface area contributed by atoms with Gasteiger partial charge in [-0.1, -0.05) is 11.6 Å². The molecule has 1 saturated heterocycles. The molecule has 0 aliphatic carbocycles. The Hall–Kier alpha value is -1.13. The van der Waals surface area contributed by atoms with Crippen LogP contribution < -0.4 is 0 Å². The zero-order valence-electron chi connectivity index (χ0n) is 8.65. The highest BCUT2D eigenvalue weighted by molar-refractivity contribution is 6.29. The van der Waals surface area contributed by atoms with Crippen LogP contribution in [0.3, 0.4) is 0 Å². The van der Waals surface area contributed by atoms with Crippen LogP contribution in [-0.4, -0.2) is 35.0 Å². The molecule has 3 rings (SSSR count). The van der Waals surface area contributed by atoms with Crippen molar-refractivity contribution in [1.29, 1.82) is 0 Å². The van der Waals surface area contributed by atoms with Crippen LogP contribution in [0.25, 0.3) is 0 Å². The van der Waals surface area contributed by atoms with E-state index in [0.29, 0.717) is 23.9 Å². The van der Waals surface area contributed by atoms with Gasteiger partial charge in [0.15, 0.2) is 0 Å². The van der Waals surface area contributed by atoms with E-state index in [-0.39, 0.29) is 11.9 Å². The SMILES string of the molecule is O=C1c2ccc(Cl)nc2CN1C1CCOC1. The van der Waals surface area contributed by atoms with E-state index in [2.05, 4.69) is 4.98 Å². The highest BCUT2D eigenvalue weighted by Gasteiger charge is 2.35. The molecule has 4 nitrogen and oxygen atoms in total. The fourth-order valence-corrected chi connectivity index (χ4v) is 2.41. The molecule has 1 atom stereocenters. The highest BCUT2D eigenvalue weighted by atomic mass is 35.5. The lowest BCUT2D eigenvalue weighted by molar-refractivity contribution is 0.0678. The van der Waals surface area contributed by atoms with Gasteiger partial charge < -0.3 is 9.64 Å². The Bertz CT molecular complexity index is 444. The minimum atomic E-state index is 0.0506. The van der Waals surface area contributed by atoms with Gasteiger partial charge in [0.1, 0.15) is 5.15 Å². The monoisotopic (exact) mass is 238 g/mol. The van der Waals surface area contributed by atoms with Crippen LogP contribution in [0.5, 0.6) is 0 Å². The number of nitrogens with zero attached hydrogens (tertiary/aromatic N) is 2. The Morgan fingerprint density at radius 2 is 2.38 bits per heavy atom. The smallest absolute Gasteiger partial charge is 0.256 e. The third kappa shape index (κ3) is 1.49. The number of hydrogen-bond acceptors (Lipinski definition) is 3. The molecule has 0 spiro atoms. The van der Waals surface area contributed by atoms with Crippen LogP contribution in [0.15, 0.2) is 12.1 Å². The van der Waals surface area contributed by atoms with Crippen molar-refractivity contribution < 1.29 is 9.53 Å². The first-order chi connectivity index (χ1) is 7.75. The van der Waals surface area contributed by atoms with Crippen LogP contribution in [0.2, 0.25) is 5.15 Å². The molecule has 0 saturated carbocycles. The number of rotatable bonds is 1. The molecule has 84 valence electrons. The van der Waals surface area contributed by atoms with E-state index in [4.69, 9.17) is 16.3 Å². The lowest BCUT2D eigenvalue weighted by Gasteiger charge is -2.21. The Kier molecular flexibility index (Phi) is 2.33. The van der Waals surface area contributed by atoms with Crippen molar-refractivity contribution in [3.8, 4) is 0 Å². The molecule has 5 heteroatoms. The molecule has 2 aliphatic rings. The van der Waals surface area contributed by atoms with Crippen molar-refractivity contribution >= 4 is 17.5 Å². The van der Waals surface area contributed by atoms with Crippen molar-refractivity contribution in [2.45, 2.75) is 19.0 Å². The highest BCUT2D eigenvalue weighted by Crippen LogP contribution is 2.27. The van der Waals surface area contributed by atoms with E-state index in [1.807, 2.05) is 4.90 Å². The fraction of sp³-hybridized carbons (Fsp3) is 0.455. The molecule has 1 aromatic rings. The maximum absolute atomic E-state index is 12.1. The van der Waals surface area contributed by atoms with Crippen molar-refractivity contribution in [3.05, 3.63) is 28.5 Å². The minimum absolute atomic E-state index is 0.0506. The number of halogens is 1. The summed E-state index contributed by atoms with van der Waals surface area (Å²) in [5.74, 6) is 0.0506. The van der Waals surface area contributed by atoms with Gasteiger partial charge in [0, 0.05) is 6.61 Å². The number of ether oxygens (including phenoxy) is 1. The predicted molar refractivity (Wildman–Crippen MR) is 58.3 cm³/mol. The van der Waals surface area contributed by atoms with Gasteiger partial charge in [-0.05, 0) is 18.6 Å². The Labute approximate surface area is 98.2 Å². The van der Waals surface area contributed by atoms with Crippen molar-refractivity contribution in [2.75, 3.05) is 13.2 Å². The van der Waals surface area contributed by atoms with E-state index in [1.165, 1.54) is 0 Å². The number of carbonyl (C=O) groups is 1. The molecule has 1 fully saturated rings. The van der Waals surface area contributed by atoms with E-state index >= 15 is 0 Å². The minimum Gasteiger partial charge on any atom is -0.379 e. The Morgan fingerprint density at radius 1 is 1.50 bits per heavy atom.